The summed E-state index contributed by atoms with van der Waals surface area (Å²) < 4.78 is 1.57. The summed E-state index contributed by atoms with van der Waals surface area (Å²) in [6.07, 6.45) is 5.12. The zero-order chi connectivity index (χ0) is 14.3. The van der Waals surface area contributed by atoms with Crippen LogP contribution in [0.4, 0.5) is 0 Å². The highest BCUT2D eigenvalue weighted by atomic mass is 16.2. The summed E-state index contributed by atoms with van der Waals surface area (Å²) in [6.45, 7) is 6.04. The maximum absolute atomic E-state index is 12.0. The molecule has 2 atom stereocenters. The van der Waals surface area contributed by atoms with E-state index in [1.807, 2.05) is 6.92 Å². The van der Waals surface area contributed by atoms with E-state index < -0.39 is 0 Å². The molecular formula is C13H24N4O2. The molecule has 0 saturated heterocycles. The van der Waals surface area contributed by atoms with Crippen LogP contribution in [0.5, 0.6) is 0 Å². The third-order valence-corrected chi connectivity index (χ3v) is 3.04. The van der Waals surface area contributed by atoms with Gasteiger partial charge < -0.3 is 10.4 Å². The maximum Gasteiger partial charge on any atom is 0.244 e. The molecule has 2 unspecified atom stereocenters. The van der Waals surface area contributed by atoms with Crippen molar-refractivity contribution in [2.24, 2.45) is 0 Å². The zero-order valence-electron chi connectivity index (χ0n) is 12.0. The van der Waals surface area contributed by atoms with Gasteiger partial charge in [-0.1, -0.05) is 18.6 Å². The van der Waals surface area contributed by atoms with Crippen LogP contribution in [0.3, 0.4) is 0 Å². The van der Waals surface area contributed by atoms with Crippen LogP contribution in [0.25, 0.3) is 0 Å². The third kappa shape index (κ3) is 4.98. The Balaban J connectivity index is 2.53. The molecule has 0 aliphatic heterocycles. The molecule has 2 N–H and O–H groups in total. The van der Waals surface area contributed by atoms with Gasteiger partial charge in [0.05, 0.1) is 5.69 Å². The van der Waals surface area contributed by atoms with Crippen LogP contribution in [-0.4, -0.2) is 38.7 Å². The SMILES string of the molecule is CCCC(C)NC(=O)C(C)n1cc(CCCO)nn1. The van der Waals surface area contributed by atoms with Crippen molar-refractivity contribution in [3.8, 4) is 0 Å². The lowest BCUT2D eigenvalue weighted by atomic mass is 10.2. The average Bonchev–Trinajstić information content (AvgIpc) is 2.84. The predicted molar refractivity (Wildman–Crippen MR) is 72.7 cm³/mol. The molecular weight excluding hydrogens is 244 g/mol. The third-order valence-electron chi connectivity index (χ3n) is 3.04. The predicted octanol–water partition coefficient (Wildman–Crippen LogP) is 1.07. The second kappa shape index (κ2) is 7.89. The highest BCUT2D eigenvalue weighted by Crippen LogP contribution is 2.07. The first-order chi connectivity index (χ1) is 9.08. The quantitative estimate of drug-likeness (QED) is 0.739. The number of hydrogen-bond acceptors (Lipinski definition) is 4. The van der Waals surface area contributed by atoms with Gasteiger partial charge in [0.25, 0.3) is 0 Å². The Morgan fingerprint density at radius 3 is 2.89 bits per heavy atom. The van der Waals surface area contributed by atoms with Gasteiger partial charge in [-0.15, -0.1) is 5.10 Å². The molecule has 0 aliphatic carbocycles. The van der Waals surface area contributed by atoms with Gasteiger partial charge in [0.1, 0.15) is 6.04 Å². The van der Waals surface area contributed by atoms with Crippen molar-refractivity contribution in [2.75, 3.05) is 6.61 Å². The number of hydrogen-bond donors (Lipinski definition) is 2. The Bertz CT molecular complexity index is 392. The number of aryl methyl sites for hydroxylation is 1. The smallest absolute Gasteiger partial charge is 0.244 e. The number of carbonyl (C=O) groups excluding carboxylic acids is 1. The first-order valence-electron chi connectivity index (χ1n) is 6.90. The fourth-order valence-electron chi connectivity index (χ4n) is 1.87. The van der Waals surface area contributed by atoms with Crippen LogP contribution >= 0.6 is 0 Å². The molecule has 0 spiro atoms. The molecule has 1 aromatic rings. The van der Waals surface area contributed by atoms with Crippen LogP contribution in [0.15, 0.2) is 6.20 Å². The first-order valence-corrected chi connectivity index (χ1v) is 6.90. The number of nitrogens with one attached hydrogen (secondary N) is 1. The molecule has 1 heterocycles. The van der Waals surface area contributed by atoms with Crippen LogP contribution in [-0.2, 0) is 11.2 Å². The second-order valence-electron chi connectivity index (χ2n) is 4.89. The monoisotopic (exact) mass is 268 g/mol. The zero-order valence-corrected chi connectivity index (χ0v) is 12.0. The summed E-state index contributed by atoms with van der Waals surface area (Å²) in [6, 6.07) is -0.188. The lowest BCUT2D eigenvalue weighted by Gasteiger charge is -2.16. The number of amides is 1. The molecule has 1 aromatic heterocycles. The number of nitrogens with zero attached hydrogens (tertiary/aromatic N) is 3. The molecule has 0 aromatic carbocycles. The van der Waals surface area contributed by atoms with Gasteiger partial charge in [0.15, 0.2) is 0 Å². The van der Waals surface area contributed by atoms with Crippen LogP contribution in [0.1, 0.15) is 51.8 Å². The molecule has 6 nitrogen and oxygen atoms in total. The molecule has 0 bridgehead atoms. The molecule has 1 amide bonds. The second-order valence-corrected chi connectivity index (χ2v) is 4.89. The van der Waals surface area contributed by atoms with E-state index in [0.29, 0.717) is 12.8 Å². The van der Waals surface area contributed by atoms with E-state index in [9.17, 15) is 4.79 Å². The number of aliphatic hydroxyl groups is 1. The lowest BCUT2D eigenvalue weighted by molar-refractivity contribution is -0.124. The van der Waals surface area contributed by atoms with Crippen molar-refractivity contribution < 1.29 is 9.90 Å². The van der Waals surface area contributed by atoms with E-state index >= 15 is 0 Å². The van der Waals surface area contributed by atoms with Crippen molar-refractivity contribution in [1.29, 1.82) is 0 Å². The van der Waals surface area contributed by atoms with Crippen molar-refractivity contribution in [2.45, 2.75) is 58.5 Å². The minimum Gasteiger partial charge on any atom is -0.396 e. The maximum atomic E-state index is 12.0. The highest BCUT2D eigenvalue weighted by Gasteiger charge is 2.18. The largest absolute Gasteiger partial charge is 0.396 e. The van der Waals surface area contributed by atoms with Crippen LogP contribution in [0, 0.1) is 0 Å². The topological polar surface area (TPSA) is 80.0 Å². The Hall–Kier alpha value is -1.43. The van der Waals surface area contributed by atoms with Crippen molar-refractivity contribution in [3.05, 3.63) is 11.9 Å². The van der Waals surface area contributed by atoms with Gasteiger partial charge in [-0.05, 0) is 33.1 Å². The summed E-state index contributed by atoms with van der Waals surface area (Å²) in [7, 11) is 0. The highest BCUT2D eigenvalue weighted by molar-refractivity contribution is 5.79. The summed E-state index contributed by atoms with van der Waals surface area (Å²) in [4.78, 5) is 12.0. The Labute approximate surface area is 114 Å². The minimum atomic E-state index is -0.366. The molecule has 1 rings (SSSR count). The summed E-state index contributed by atoms with van der Waals surface area (Å²) in [5, 5.41) is 19.7. The van der Waals surface area contributed by atoms with E-state index in [1.54, 1.807) is 17.8 Å². The van der Waals surface area contributed by atoms with E-state index in [4.69, 9.17) is 5.11 Å². The number of aromatic nitrogens is 3. The molecule has 0 fully saturated rings. The van der Waals surface area contributed by atoms with Crippen LogP contribution < -0.4 is 5.32 Å². The van der Waals surface area contributed by atoms with Gasteiger partial charge >= 0.3 is 0 Å². The number of rotatable bonds is 8. The van der Waals surface area contributed by atoms with Gasteiger partial charge in [-0.25, -0.2) is 4.68 Å². The van der Waals surface area contributed by atoms with Crippen molar-refractivity contribution in [1.82, 2.24) is 20.3 Å². The molecule has 0 radical (unpaired) electrons. The van der Waals surface area contributed by atoms with Gasteiger partial charge in [-0.2, -0.15) is 0 Å². The lowest BCUT2D eigenvalue weighted by Crippen LogP contribution is -2.37. The molecule has 108 valence electrons. The van der Waals surface area contributed by atoms with E-state index in [1.165, 1.54) is 0 Å². The Morgan fingerprint density at radius 2 is 2.26 bits per heavy atom. The standard InChI is InChI=1S/C13H24N4O2/c1-4-6-10(2)14-13(19)11(3)17-9-12(15-16-17)7-5-8-18/h9-11,18H,4-8H2,1-3H3,(H,14,19). The van der Waals surface area contributed by atoms with Gasteiger partial charge in [0, 0.05) is 18.8 Å². The fraction of sp³-hybridized carbons (Fsp3) is 0.769. The van der Waals surface area contributed by atoms with Crippen LogP contribution in [0.2, 0.25) is 0 Å². The molecule has 0 aliphatic rings. The number of aliphatic hydroxyl groups excluding tert-OH is 1. The van der Waals surface area contributed by atoms with E-state index in [0.717, 1.165) is 18.5 Å². The molecule has 6 heteroatoms. The first kappa shape index (κ1) is 15.6. The Kier molecular flexibility index (Phi) is 6.49. The average molecular weight is 268 g/mol. The minimum absolute atomic E-state index is 0.0421. The fourth-order valence-corrected chi connectivity index (χ4v) is 1.87. The van der Waals surface area contributed by atoms with Gasteiger partial charge in [-0.3, -0.25) is 4.79 Å². The normalized spacial score (nSPS) is 14.1. The summed E-state index contributed by atoms with van der Waals surface area (Å²) in [5.41, 5.74) is 0.801. The molecule has 0 saturated carbocycles. The summed E-state index contributed by atoms with van der Waals surface area (Å²) in [5.74, 6) is -0.0421. The Morgan fingerprint density at radius 1 is 1.53 bits per heavy atom. The van der Waals surface area contributed by atoms with Crippen molar-refractivity contribution >= 4 is 5.91 Å². The number of carbonyl (C=O) groups is 1. The van der Waals surface area contributed by atoms with E-state index in [-0.39, 0.29) is 24.6 Å². The van der Waals surface area contributed by atoms with E-state index in [2.05, 4.69) is 22.6 Å². The van der Waals surface area contributed by atoms with Crippen molar-refractivity contribution in [3.63, 3.8) is 0 Å². The van der Waals surface area contributed by atoms with Gasteiger partial charge in [0.2, 0.25) is 5.91 Å². The molecule has 19 heavy (non-hydrogen) atoms. The summed E-state index contributed by atoms with van der Waals surface area (Å²) >= 11 is 0.